The Morgan fingerprint density at radius 1 is 0.778 bits per heavy atom. The monoisotopic (exact) mass is 685 g/mol. The summed E-state index contributed by atoms with van der Waals surface area (Å²) in [6.07, 6.45) is 0.508. The van der Waals surface area contributed by atoms with Crippen LogP contribution in [0.15, 0.2) is 24.3 Å². The van der Waals surface area contributed by atoms with Gasteiger partial charge in [0.15, 0.2) is 0 Å². The summed E-state index contributed by atoms with van der Waals surface area (Å²) in [5, 5.41) is 18.9. The molecule has 3 aromatic heterocycles. The number of allylic oxidation sites excluding steroid dienone is 3. The first-order valence-corrected chi connectivity index (χ1v) is 15.7. The SMILES string of the molecule is CC1=C(CCC(=O)O)c2cc3[n-]c(cc4nc(cc5[n-]c(cc1n2)c(C)c5C(C)[SH2+])C(C)=C4C(C)S)c(C)c3CCC(=O)O.[Fe+2]. The van der Waals surface area contributed by atoms with Crippen molar-refractivity contribution in [2.75, 3.05) is 0 Å². The minimum absolute atomic E-state index is 0. The molecular formula is C34H37FeN4O4S2+. The number of aryl methyl sites for hydroxylation is 3. The van der Waals surface area contributed by atoms with E-state index in [0.29, 0.717) is 35.3 Å². The van der Waals surface area contributed by atoms with Crippen LogP contribution in [0.2, 0.25) is 0 Å². The van der Waals surface area contributed by atoms with Crippen molar-refractivity contribution in [2.24, 2.45) is 0 Å². The first-order valence-electron chi connectivity index (χ1n) is 14.6. The number of rotatable bonds is 8. The number of hydrogen-bond donors (Lipinski definition) is 3. The van der Waals surface area contributed by atoms with Gasteiger partial charge < -0.3 is 20.2 Å². The van der Waals surface area contributed by atoms with Crippen LogP contribution in [0.25, 0.3) is 44.4 Å². The molecule has 2 aliphatic heterocycles. The molecule has 0 aromatic carbocycles. The van der Waals surface area contributed by atoms with Crippen LogP contribution in [-0.2, 0) is 45.7 Å². The van der Waals surface area contributed by atoms with Gasteiger partial charge in [-0.25, -0.2) is 9.97 Å². The van der Waals surface area contributed by atoms with E-state index in [4.69, 9.17) is 32.6 Å². The maximum absolute atomic E-state index is 11.6. The Balaban J connectivity index is 0.00000461. The number of nitrogens with zero attached hydrogens (tertiary/aromatic N) is 4. The smallest absolute Gasteiger partial charge is 0.657 e. The number of carbonyl (C=O) groups is 2. The van der Waals surface area contributed by atoms with E-state index in [1.807, 2.05) is 58.9 Å². The van der Waals surface area contributed by atoms with Gasteiger partial charge in [0, 0.05) is 18.1 Å². The molecule has 2 atom stereocenters. The van der Waals surface area contributed by atoms with Crippen LogP contribution in [0, 0.1) is 13.8 Å². The minimum Gasteiger partial charge on any atom is -0.657 e. The van der Waals surface area contributed by atoms with E-state index >= 15 is 0 Å². The average Bonchev–Trinajstić information content (AvgIpc) is 3.59. The molecule has 2 aliphatic rings. The van der Waals surface area contributed by atoms with Crippen molar-refractivity contribution < 1.29 is 36.9 Å². The molecule has 5 heterocycles. The van der Waals surface area contributed by atoms with Crippen molar-refractivity contribution in [2.45, 2.75) is 77.7 Å². The van der Waals surface area contributed by atoms with E-state index in [0.717, 1.165) is 67.0 Å². The van der Waals surface area contributed by atoms with Gasteiger partial charge >= 0.3 is 29.0 Å². The van der Waals surface area contributed by atoms with Crippen molar-refractivity contribution in [3.05, 3.63) is 69.3 Å². The average molecular weight is 686 g/mol. The largest absolute Gasteiger partial charge is 2.00 e. The zero-order valence-electron chi connectivity index (χ0n) is 26.1. The summed E-state index contributed by atoms with van der Waals surface area (Å²) < 4.78 is 0. The second kappa shape index (κ2) is 13.6. The van der Waals surface area contributed by atoms with Crippen LogP contribution in [0.5, 0.6) is 0 Å². The van der Waals surface area contributed by atoms with Crippen molar-refractivity contribution >= 4 is 81.6 Å². The number of aromatic nitrogens is 4. The molecule has 0 fully saturated rings. The number of thiol groups is 1. The first kappa shape index (κ1) is 34.6. The Labute approximate surface area is 284 Å². The standard InChI is InChI=1S/C34H38N4O4S2.Fe/c1-15-21(7-9-31(39)40)27-14-28-22(8-10-32(41)42)16(2)24(36-28)12-29-34(20(6)44)18(4)26(38-29)13-30-33(19(5)43)17(3)25(37-30)11-23(15)35-27;/h11-14,19-20H,7-10H2,1-6H3,(H6,35,36,37,38,39,40,41,42,43,44);/q;+2/p-1. The first-order chi connectivity index (χ1) is 20.8. The van der Waals surface area contributed by atoms with Crippen LogP contribution in [0.4, 0.5) is 0 Å². The summed E-state index contributed by atoms with van der Waals surface area (Å²) in [5.74, 6) is -1.78. The molecule has 8 nitrogen and oxygen atoms in total. The summed E-state index contributed by atoms with van der Waals surface area (Å²) in [7, 11) is 0. The maximum Gasteiger partial charge on any atom is 2.00 e. The third-order valence-electron chi connectivity index (χ3n) is 8.51. The predicted molar refractivity (Wildman–Crippen MR) is 183 cm³/mol. The molecule has 45 heavy (non-hydrogen) atoms. The number of aliphatic carboxylic acids is 2. The second-order valence-electron chi connectivity index (χ2n) is 11.6. The Kier molecular flexibility index (Phi) is 10.5. The molecule has 5 rings (SSSR count). The molecule has 236 valence electrons. The van der Waals surface area contributed by atoms with Crippen LogP contribution >= 0.6 is 12.6 Å². The predicted octanol–water partition coefficient (Wildman–Crippen LogP) is 6.32. The second-order valence-corrected chi connectivity index (χ2v) is 13.2. The fourth-order valence-electron chi connectivity index (χ4n) is 6.17. The van der Waals surface area contributed by atoms with Crippen molar-refractivity contribution in [3.8, 4) is 0 Å². The van der Waals surface area contributed by atoms with Gasteiger partial charge in [-0.1, -0.05) is 41.0 Å². The van der Waals surface area contributed by atoms with Crippen molar-refractivity contribution in [3.63, 3.8) is 0 Å². The van der Waals surface area contributed by atoms with Crippen molar-refractivity contribution in [1.29, 1.82) is 0 Å². The molecule has 2 N–H and O–H groups in total. The molecule has 0 radical (unpaired) electrons. The molecule has 0 amide bonds. The fraction of sp³-hybridized carbons (Fsp3) is 0.353. The van der Waals surface area contributed by atoms with E-state index in [1.54, 1.807) is 0 Å². The summed E-state index contributed by atoms with van der Waals surface area (Å²) in [6, 6.07) is 7.79. The summed E-state index contributed by atoms with van der Waals surface area (Å²) in [6.45, 7) is 12.1. The zero-order chi connectivity index (χ0) is 32.0. The van der Waals surface area contributed by atoms with Crippen LogP contribution in [-0.4, -0.2) is 37.4 Å². The number of carboxylic acid groups (broad SMARTS) is 2. The van der Waals surface area contributed by atoms with Crippen LogP contribution in [0.3, 0.4) is 0 Å². The van der Waals surface area contributed by atoms with Gasteiger partial charge in [-0.15, -0.1) is 22.1 Å². The Morgan fingerprint density at radius 2 is 1.29 bits per heavy atom. The molecule has 0 spiro atoms. The van der Waals surface area contributed by atoms with E-state index < -0.39 is 11.9 Å². The molecule has 2 unspecified atom stereocenters. The zero-order valence-corrected chi connectivity index (χ0v) is 29.1. The number of hydrogen-bond acceptors (Lipinski definition) is 5. The fourth-order valence-corrected chi connectivity index (χ4v) is 6.86. The van der Waals surface area contributed by atoms with Crippen molar-refractivity contribution in [1.82, 2.24) is 19.9 Å². The third-order valence-corrected chi connectivity index (χ3v) is 9.05. The van der Waals surface area contributed by atoms with E-state index in [2.05, 4.69) is 19.6 Å². The molecule has 8 bridgehead atoms. The van der Waals surface area contributed by atoms with Gasteiger partial charge in [0.2, 0.25) is 0 Å². The number of carboxylic acids is 2. The normalized spacial score (nSPS) is 14.4. The van der Waals surface area contributed by atoms with Crippen LogP contribution < -0.4 is 9.97 Å². The van der Waals surface area contributed by atoms with Crippen LogP contribution in [0.1, 0.15) is 97.2 Å². The van der Waals surface area contributed by atoms with Gasteiger partial charge in [-0.2, -0.15) is 12.6 Å². The van der Waals surface area contributed by atoms with E-state index in [1.165, 1.54) is 0 Å². The Morgan fingerprint density at radius 3 is 1.91 bits per heavy atom. The van der Waals surface area contributed by atoms with Gasteiger partial charge in [-0.3, -0.25) is 9.59 Å². The molecule has 0 saturated carbocycles. The maximum atomic E-state index is 11.6. The van der Waals surface area contributed by atoms with Gasteiger partial charge in [0.05, 0.1) is 22.8 Å². The molecule has 3 aromatic rings. The third kappa shape index (κ3) is 6.82. The topological polar surface area (TPSA) is 129 Å². The quantitative estimate of drug-likeness (QED) is 0.143. The molecule has 0 aliphatic carbocycles. The minimum atomic E-state index is -0.893. The summed E-state index contributed by atoms with van der Waals surface area (Å²) in [4.78, 5) is 43.2. The van der Waals surface area contributed by atoms with Gasteiger partial charge in [0.25, 0.3) is 0 Å². The number of fused-ring (bicyclic) bond motifs is 8. The molecular weight excluding hydrogens is 648 g/mol. The van der Waals surface area contributed by atoms with E-state index in [9.17, 15) is 19.8 Å². The molecule has 0 saturated heterocycles. The Hall–Kier alpha value is -3.24. The van der Waals surface area contributed by atoms with E-state index in [-0.39, 0.29) is 40.4 Å². The summed E-state index contributed by atoms with van der Waals surface area (Å²) in [5.41, 5.74) is 13.3. The van der Waals surface area contributed by atoms with Gasteiger partial charge in [-0.05, 0) is 94.9 Å². The molecule has 11 heteroatoms. The van der Waals surface area contributed by atoms with Gasteiger partial charge in [0.1, 0.15) is 5.25 Å². The summed E-state index contributed by atoms with van der Waals surface area (Å²) >= 11 is 8.63. The Bertz CT molecular complexity index is 1940.